The highest BCUT2D eigenvalue weighted by Crippen LogP contribution is 2.12. The molecule has 8 nitrogen and oxygen atoms in total. The second kappa shape index (κ2) is 29.9. The van der Waals surface area contributed by atoms with E-state index in [-0.39, 0.29) is 24.7 Å². The number of unbranched alkanes of at least 4 members (excludes halogenated alkanes) is 19. The van der Waals surface area contributed by atoms with E-state index in [1.165, 1.54) is 51.4 Å². The first-order valence-corrected chi connectivity index (χ1v) is 16.4. The fraction of sp³-hybridized carbons (Fsp3) is 0.875. The fourth-order valence-electron chi connectivity index (χ4n) is 4.83. The van der Waals surface area contributed by atoms with Crippen molar-refractivity contribution in [2.45, 2.75) is 167 Å². The molecule has 2 amide bonds. The molecule has 8 heteroatoms. The monoisotopic (exact) mass is 568 g/mol. The van der Waals surface area contributed by atoms with Gasteiger partial charge in [0.25, 0.3) is 0 Å². The Labute approximate surface area is 243 Å². The van der Waals surface area contributed by atoms with Gasteiger partial charge in [0.1, 0.15) is 0 Å². The number of carbonyl (C=O) groups excluding carboxylic acids is 2. The SMILES string of the molecule is O=C(O)CCCCCCCCCCCNC(=O)CCCCCCC(=O)NCCCCCCCCCCCC(=O)O. The normalized spacial score (nSPS) is 10.9. The molecular formula is C32H60N2O6. The molecule has 0 atom stereocenters. The molecule has 0 radical (unpaired) electrons. The maximum Gasteiger partial charge on any atom is 0.303 e. The van der Waals surface area contributed by atoms with E-state index in [0.717, 1.165) is 103 Å². The molecule has 0 spiro atoms. The van der Waals surface area contributed by atoms with Gasteiger partial charge in [-0.2, -0.15) is 0 Å². The van der Waals surface area contributed by atoms with Gasteiger partial charge < -0.3 is 20.8 Å². The predicted molar refractivity (Wildman–Crippen MR) is 161 cm³/mol. The van der Waals surface area contributed by atoms with E-state index >= 15 is 0 Å². The number of carbonyl (C=O) groups is 4. The molecule has 4 N–H and O–H groups in total. The van der Waals surface area contributed by atoms with Crippen molar-refractivity contribution < 1.29 is 29.4 Å². The Morgan fingerprint density at radius 3 is 0.825 bits per heavy atom. The largest absolute Gasteiger partial charge is 0.481 e. The molecule has 0 unspecified atom stereocenters. The maximum absolute atomic E-state index is 12.0. The third-order valence-corrected chi connectivity index (χ3v) is 7.34. The Kier molecular flexibility index (Phi) is 28.3. The number of amides is 2. The Morgan fingerprint density at radius 1 is 0.325 bits per heavy atom. The molecule has 0 aromatic heterocycles. The smallest absolute Gasteiger partial charge is 0.303 e. The summed E-state index contributed by atoms with van der Waals surface area (Å²) in [5.41, 5.74) is 0. The van der Waals surface area contributed by atoms with Crippen LogP contribution in [0.15, 0.2) is 0 Å². The summed E-state index contributed by atoms with van der Waals surface area (Å²) in [7, 11) is 0. The lowest BCUT2D eigenvalue weighted by Crippen LogP contribution is -2.24. The van der Waals surface area contributed by atoms with Gasteiger partial charge in [-0.3, -0.25) is 19.2 Å². The van der Waals surface area contributed by atoms with Gasteiger partial charge in [-0.05, 0) is 38.5 Å². The summed E-state index contributed by atoms with van der Waals surface area (Å²) in [6.45, 7) is 1.51. The number of carboxylic acids is 2. The molecule has 0 aliphatic rings. The number of carboxylic acid groups (broad SMARTS) is 2. The number of hydrogen-bond donors (Lipinski definition) is 4. The van der Waals surface area contributed by atoms with Crippen LogP contribution in [0.3, 0.4) is 0 Å². The van der Waals surface area contributed by atoms with E-state index < -0.39 is 11.9 Å². The van der Waals surface area contributed by atoms with E-state index in [9.17, 15) is 19.2 Å². The molecule has 0 aromatic carbocycles. The molecule has 0 saturated carbocycles. The first-order chi connectivity index (χ1) is 19.4. The second-order valence-corrected chi connectivity index (χ2v) is 11.3. The van der Waals surface area contributed by atoms with Crippen molar-refractivity contribution in [2.24, 2.45) is 0 Å². The van der Waals surface area contributed by atoms with Crippen LogP contribution in [-0.4, -0.2) is 47.1 Å². The van der Waals surface area contributed by atoms with Gasteiger partial charge in [0.05, 0.1) is 0 Å². The summed E-state index contributed by atoms with van der Waals surface area (Å²) < 4.78 is 0. The van der Waals surface area contributed by atoms with Crippen molar-refractivity contribution in [3.8, 4) is 0 Å². The van der Waals surface area contributed by atoms with E-state index in [1.54, 1.807) is 0 Å². The van der Waals surface area contributed by atoms with Crippen molar-refractivity contribution in [3.63, 3.8) is 0 Å². The van der Waals surface area contributed by atoms with Gasteiger partial charge in [0, 0.05) is 38.8 Å². The minimum atomic E-state index is -0.699. The van der Waals surface area contributed by atoms with Gasteiger partial charge in [0.15, 0.2) is 0 Å². The van der Waals surface area contributed by atoms with Gasteiger partial charge in [-0.25, -0.2) is 0 Å². The quantitative estimate of drug-likeness (QED) is 0.0639. The average molecular weight is 569 g/mol. The van der Waals surface area contributed by atoms with E-state index in [1.807, 2.05) is 0 Å². The van der Waals surface area contributed by atoms with Crippen molar-refractivity contribution in [1.29, 1.82) is 0 Å². The van der Waals surface area contributed by atoms with Crippen LogP contribution < -0.4 is 10.6 Å². The lowest BCUT2D eigenvalue weighted by molar-refractivity contribution is -0.138. The molecule has 0 bridgehead atoms. The van der Waals surface area contributed by atoms with Crippen molar-refractivity contribution in [2.75, 3.05) is 13.1 Å². The van der Waals surface area contributed by atoms with Crippen LogP contribution in [0.4, 0.5) is 0 Å². The summed E-state index contributed by atoms with van der Waals surface area (Å²) in [5.74, 6) is -1.13. The highest BCUT2D eigenvalue weighted by Gasteiger charge is 2.03. The zero-order valence-electron chi connectivity index (χ0n) is 25.3. The van der Waals surface area contributed by atoms with E-state index in [0.29, 0.717) is 12.8 Å². The third kappa shape index (κ3) is 32.1. The molecule has 0 aromatic rings. The predicted octanol–water partition coefficient (Wildman–Crippen LogP) is 7.53. The first kappa shape index (κ1) is 37.9. The summed E-state index contributed by atoms with van der Waals surface area (Å²) in [4.78, 5) is 44.8. The Bertz CT molecular complexity index is 587. The minimum Gasteiger partial charge on any atom is -0.481 e. The summed E-state index contributed by atoms with van der Waals surface area (Å²) >= 11 is 0. The first-order valence-electron chi connectivity index (χ1n) is 16.4. The zero-order chi connectivity index (χ0) is 29.5. The van der Waals surface area contributed by atoms with Crippen LogP contribution in [0.25, 0.3) is 0 Å². The fourth-order valence-corrected chi connectivity index (χ4v) is 4.83. The van der Waals surface area contributed by atoms with Crippen LogP contribution in [0.2, 0.25) is 0 Å². The van der Waals surface area contributed by atoms with Crippen LogP contribution in [0, 0.1) is 0 Å². The average Bonchev–Trinajstić information content (AvgIpc) is 2.91. The minimum absolute atomic E-state index is 0.134. The van der Waals surface area contributed by atoms with Crippen LogP contribution in [0.5, 0.6) is 0 Å². The molecule has 0 fully saturated rings. The zero-order valence-corrected chi connectivity index (χ0v) is 25.3. The summed E-state index contributed by atoms with van der Waals surface area (Å²) in [6.07, 6.45) is 25.2. The van der Waals surface area contributed by atoms with Crippen LogP contribution in [0.1, 0.15) is 167 Å². The van der Waals surface area contributed by atoms with Gasteiger partial charge >= 0.3 is 11.9 Å². The van der Waals surface area contributed by atoms with Crippen LogP contribution in [-0.2, 0) is 19.2 Å². The standard InChI is InChI=1S/C32H60N2O6/c35-29(33-27-21-15-9-5-1-3-7-11-19-25-31(37)38)23-17-13-14-18-24-30(36)34-28-22-16-10-6-2-4-8-12-20-26-32(39)40/h1-28H2,(H,33,35)(H,34,36)(H,37,38)(H,39,40). The maximum atomic E-state index is 12.0. The van der Waals surface area contributed by atoms with Crippen LogP contribution >= 0.6 is 0 Å². The third-order valence-electron chi connectivity index (χ3n) is 7.34. The lowest BCUT2D eigenvalue weighted by atomic mass is 10.1. The molecule has 0 rings (SSSR count). The molecular weight excluding hydrogens is 508 g/mol. The highest BCUT2D eigenvalue weighted by atomic mass is 16.4. The highest BCUT2D eigenvalue weighted by molar-refractivity contribution is 5.76. The number of aliphatic carboxylic acids is 2. The molecule has 0 aliphatic heterocycles. The molecule has 40 heavy (non-hydrogen) atoms. The molecule has 0 heterocycles. The van der Waals surface area contributed by atoms with E-state index in [2.05, 4.69) is 10.6 Å². The second-order valence-electron chi connectivity index (χ2n) is 11.3. The Morgan fingerprint density at radius 2 is 0.550 bits per heavy atom. The number of nitrogens with one attached hydrogen (secondary N) is 2. The Hall–Kier alpha value is -2.12. The topological polar surface area (TPSA) is 133 Å². The van der Waals surface area contributed by atoms with Crippen molar-refractivity contribution in [1.82, 2.24) is 10.6 Å². The molecule has 0 saturated heterocycles. The van der Waals surface area contributed by atoms with Gasteiger partial charge in [-0.15, -0.1) is 0 Å². The number of rotatable bonds is 31. The Balaban J connectivity index is 3.28. The van der Waals surface area contributed by atoms with Gasteiger partial charge in [0.2, 0.25) is 11.8 Å². The molecule has 234 valence electrons. The van der Waals surface area contributed by atoms with Crippen molar-refractivity contribution in [3.05, 3.63) is 0 Å². The van der Waals surface area contributed by atoms with E-state index in [4.69, 9.17) is 10.2 Å². The molecule has 0 aliphatic carbocycles. The summed E-state index contributed by atoms with van der Waals surface area (Å²) in [6, 6.07) is 0. The summed E-state index contributed by atoms with van der Waals surface area (Å²) in [5, 5.41) is 23.2. The van der Waals surface area contributed by atoms with Crippen molar-refractivity contribution >= 4 is 23.8 Å². The lowest BCUT2D eigenvalue weighted by Gasteiger charge is -2.07. The number of hydrogen-bond acceptors (Lipinski definition) is 4. The van der Waals surface area contributed by atoms with Gasteiger partial charge in [-0.1, -0.05) is 103 Å².